The Morgan fingerprint density at radius 2 is 2.22 bits per heavy atom. The van der Waals surface area contributed by atoms with Crippen LogP contribution in [-0.4, -0.2) is 43.3 Å². The highest BCUT2D eigenvalue weighted by molar-refractivity contribution is 4.93. The summed E-state index contributed by atoms with van der Waals surface area (Å²) >= 11 is 0. The number of nitrogens with zero attached hydrogens (tertiary/aromatic N) is 1. The Morgan fingerprint density at radius 1 is 1.50 bits per heavy atom. The molecule has 0 aliphatic carbocycles. The summed E-state index contributed by atoms with van der Waals surface area (Å²) in [6.07, 6.45) is 7.52. The average molecular weight is 257 g/mol. The Bertz CT molecular complexity index is 229. The van der Waals surface area contributed by atoms with Crippen LogP contribution in [0, 0.1) is 0 Å². The molecule has 1 aliphatic heterocycles. The van der Waals surface area contributed by atoms with Crippen LogP contribution in [0.1, 0.15) is 52.4 Å². The molecule has 0 bridgehead atoms. The minimum Gasteiger partial charge on any atom is -0.378 e. The Morgan fingerprint density at radius 3 is 2.67 bits per heavy atom. The second-order valence-corrected chi connectivity index (χ2v) is 5.89. The van der Waals surface area contributed by atoms with E-state index in [-0.39, 0.29) is 5.54 Å². The SMILES string of the molecule is CCC(C)(C(CCCC1CCCO1)NN)N(C)C. The lowest BCUT2D eigenvalue weighted by Gasteiger charge is -2.42. The van der Waals surface area contributed by atoms with Gasteiger partial charge in [-0.05, 0) is 59.5 Å². The van der Waals surface area contributed by atoms with Crippen LogP contribution in [0.2, 0.25) is 0 Å². The van der Waals surface area contributed by atoms with Crippen molar-refractivity contribution in [2.24, 2.45) is 5.84 Å². The molecule has 1 saturated heterocycles. The van der Waals surface area contributed by atoms with Gasteiger partial charge in [0.2, 0.25) is 0 Å². The van der Waals surface area contributed by atoms with Gasteiger partial charge >= 0.3 is 0 Å². The number of nitrogens with two attached hydrogens (primary N) is 1. The van der Waals surface area contributed by atoms with Gasteiger partial charge in [0.25, 0.3) is 0 Å². The first kappa shape index (κ1) is 15.9. The predicted octanol–water partition coefficient (Wildman–Crippen LogP) is 1.90. The van der Waals surface area contributed by atoms with Crippen LogP contribution >= 0.6 is 0 Å². The second-order valence-electron chi connectivity index (χ2n) is 5.89. The van der Waals surface area contributed by atoms with Gasteiger partial charge in [-0.3, -0.25) is 11.3 Å². The molecule has 3 atom stereocenters. The number of rotatable bonds is 8. The molecule has 3 unspecified atom stereocenters. The van der Waals surface area contributed by atoms with E-state index < -0.39 is 0 Å². The summed E-state index contributed by atoms with van der Waals surface area (Å²) in [5, 5.41) is 0. The fourth-order valence-corrected chi connectivity index (χ4v) is 2.87. The van der Waals surface area contributed by atoms with E-state index in [1.807, 2.05) is 0 Å². The summed E-state index contributed by atoms with van der Waals surface area (Å²) in [6, 6.07) is 0.332. The van der Waals surface area contributed by atoms with Crippen molar-refractivity contribution in [1.29, 1.82) is 0 Å². The molecule has 0 aromatic rings. The number of ether oxygens (including phenoxy) is 1. The smallest absolute Gasteiger partial charge is 0.0576 e. The summed E-state index contributed by atoms with van der Waals surface area (Å²) in [5.74, 6) is 5.76. The monoisotopic (exact) mass is 257 g/mol. The van der Waals surface area contributed by atoms with Crippen molar-refractivity contribution in [3.63, 3.8) is 0 Å². The molecule has 108 valence electrons. The van der Waals surface area contributed by atoms with Crippen molar-refractivity contribution < 1.29 is 4.74 Å². The van der Waals surface area contributed by atoms with E-state index in [9.17, 15) is 0 Å². The zero-order chi connectivity index (χ0) is 13.6. The number of nitrogens with one attached hydrogen (secondary N) is 1. The van der Waals surface area contributed by atoms with Gasteiger partial charge in [-0.15, -0.1) is 0 Å². The summed E-state index contributed by atoms with van der Waals surface area (Å²) < 4.78 is 5.67. The molecule has 0 radical (unpaired) electrons. The molecule has 0 spiro atoms. The fraction of sp³-hybridized carbons (Fsp3) is 1.00. The standard InChI is InChI=1S/C14H31N3O/c1-5-14(2,17(3)4)13(16-15)10-6-8-12-9-7-11-18-12/h12-13,16H,5-11,15H2,1-4H3. The second kappa shape index (κ2) is 7.43. The van der Waals surface area contributed by atoms with Gasteiger partial charge in [0, 0.05) is 18.2 Å². The average Bonchev–Trinajstić information content (AvgIpc) is 2.86. The molecule has 1 aliphatic rings. The van der Waals surface area contributed by atoms with Gasteiger partial charge in [-0.2, -0.15) is 0 Å². The number of hydrazine groups is 1. The van der Waals surface area contributed by atoms with E-state index in [1.54, 1.807) is 0 Å². The number of likely N-dealkylation sites (N-methyl/N-ethyl adjacent to an activating group) is 1. The highest BCUT2D eigenvalue weighted by atomic mass is 16.5. The van der Waals surface area contributed by atoms with Gasteiger partial charge in [-0.25, -0.2) is 0 Å². The molecular weight excluding hydrogens is 226 g/mol. The van der Waals surface area contributed by atoms with E-state index in [1.165, 1.54) is 25.7 Å². The first-order valence-electron chi connectivity index (χ1n) is 7.29. The first-order valence-corrected chi connectivity index (χ1v) is 7.29. The molecule has 0 amide bonds. The summed E-state index contributed by atoms with van der Waals surface area (Å²) in [7, 11) is 4.27. The Kier molecular flexibility index (Phi) is 6.57. The minimum atomic E-state index is 0.116. The maximum atomic E-state index is 5.76. The van der Waals surface area contributed by atoms with Crippen LogP contribution < -0.4 is 11.3 Å². The normalized spacial score (nSPS) is 25.3. The van der Waals surface area contributed by atoms with Gasteiger partial charge < -0.3 is 9.64 Å². The molecule has 3 N–H and O–H groups in total. The first-order chi connectivity index (χ1) is 8.54. The molecule has 0 aromatic heterocycles. The van der Waals surface area contributed by atoms with Crippen LogP contribution in [0.25, 0.3) is 0 Å². The lowest BCUT2D eigenvalue weighted by molar-refractivity contribution is 0.0875. The fourth-order valence-electron chi connectivity index (χ4n) is 2.87. The van der Waals surface area contributed by atoms with Gasteiger partial charge in [0.05, 0.1) is 6.10 Å². The zero-order valence-corrected chi connectivity index (χ0v) is 12.5. The largest absolute Gasteiger partial charge is 0.378 e. The van der Waals surface area contributed by atoms with Crippen molar-refractivity contribution in [1.82, 2.24) is 10.3 Å². The zero-order valence-electron chi connectivity index (χ0n) is 12.5. The van der Waals surface area contributed by atoms with E-state index in [4.69, 9.17) is 10.6 Å². The number of hydrogen-bond acceptors (Lipinski definition) is 4. The molecule has 1 rings (SSSR count). The van der Waals surface area contributed by atoms with Gasteiger partial charge in [0.1, 0.15) is 0 Å². The maximum absolute atomic E-state index is 5.76. The Labute approximate surface area is 112 Å². The van der Waals surface area contributed by atoms with Crippen molar-refractivity contribution in [2.75, 3.05) is 20.7 Å². The van der Waals surface area contributed by atoms with Gasteiger partial charge in [-0.1, -0.05) is 6.92 Å². The molecule has 4 nitrogen and oxygen atoms in total. The summed E-state index contributed by atoms with van der Waals surface area (Å²) in [4.78, 5) is 2.28. The third-order valence-corrected chi connectivity index (χ3v) is 4.73. The lowest BCUT2D eigenvalue weighted by Crippen LogP contribution is -2.58. The molecule has 4 heteroatoms. The van der Waals surface area contributed by atoms with E-state index >= 15 is 0 Å². The highest BCUT2D eigenvalue weighted by Gasteiger charge is 2.33. The molecule has 1 heterocycles. The lowest BCUT2D eigenvalue weighted by atomic mass is 9.85. The van der Waals surface area contributed by atoms with E-state index in [2.05, 4.69) is 38.3 Å². The van der Waals surface area contributed by atoms with E-state index in [0.717, 1.165) is 19.4 Å². The summed E-state index contributed by atoms with van der Waals surface area (Å²) in [5.41, 5.74) is 3.13. The highest BCUT2D eigenvalue weighted by Crippen LogP contribution is 2.25. The third kappa shape index (κ3) is 3.92. The molecule has 0 aromatic carbocycles. The molecule has 0 saturated carbocycles. The molecular formula is C14H31N3O. The maximum Gasteiger partial charge on any atom is 0.0576 e. The van der Waals surface area contributed by atoms with Crippen molar-refractivity contribution >= 4 is 0 Å². The summed E-state index contributed by atoms with van der Waals surface area (Å²) in [6.45, 7) is 5.46. The third-order valence-electron chi connectivity index (χ3n) is 4.73. The van der Waals surface area contributed by atoms with Crippen molar-refractivity contribution in [3.05, 3.63) is 0 Å². The van der Waals surface area contributed by atoms with Crippen LogP contribution in [0.3, 0.4) is 0 Å². The van der Waals surface area contributed by atoms with Crippen LogP contribution in [0.4, 0.5) is 0 Å². The predicted molar refractivity (Wildman–Crippen MR) is 76.3 cm³/mol. The minimum absolute atomic E-state index is 0.116. The quantitative estimate of drug-likeness (QED) is 0.515. The van der Waals surface area contributed by atoms with Crippen LogP contribution in [-0.2, 0) is 4.74 Å². The van der Waals surface area contributed by atoms with Crippen molar-refractivity contribution in [2.45, 2.75) is 70.1 Å². The molecule has 18 heavy (non-hydrogen) atoms. The van der Waals surface area contributed by atoms with Crippen LogP contribution in [0.5, 0.6) is 0 Å². The Hall–Kier alpha value is -0.160. The Balaban J connectivity index is 2.39. The van der Waals surface area contributed by atoms with Gasteiger partial charge in [0.15, 0.2) is 0 Å². The number of hydrogen-bond donors (Lipinski definition) is 2. The van der Waals surface area contributed by atoms with E-state index in [0.29, 0.717) is 12.1 Å². The molecule has 1 fully saturated rings. The topological polar surface area (TPSA) is 50.5 Å². The van der Waals surface area contributed by atoms with Crippen LogP contribution in [0.15, 0.2) is 0 Å². The van der Waals surface area contributed by atoms with Crippen molar-refractivity contribution in [3.8, 4) is 0 Å².